The van der Waals surface area contributed by atoms with Crippen LogP contribution in [0.4, 0.5) is 5.82 Å². The lowest BCUT2D eigenvalue weighted by atomic mass is 10.1. The number of nitrogens with zero attached hydrogens (tertiary/aromatic N) is 3. The summed E-state index contributed by atoms with van der Waals surface area (Å²) >= 11 is 5.87. The number of hydrogen-bond donors (Lipinski definition) is 1. The Morgan fingerprint density at radius 1 is 1.11 bits per heavy atom. The Labute approximate surface area is 168 Å². The molecule has 146 valence electrons. The Kier molecular flexibility index (Phi) is 5.81. The van der Waals surface area contributed by atoms with Gasteiger partial charge in [-0.05, 0) is 49.7 Å². The van der Waals surface area contributed by atoms with Crippen LogP contribution in [0.2, 0.25) is 5.02 Å². The third-order valence-corrected chi connectivity index (χ3v) is 5.66. The minimum absolute atomic E-state index is 0.0439. The Morgan fingerprint density at radius 2 is 1.75 bits per heavy atom. The first-order chi connectivity index (χ1) is 13.3. The van der Waals surface area contributed by atoms with Gasteiger partial charge >= 0.3 is 0 Å². The molecule has 0 amide bonds. The normalized spacial score (nSPS) is 11.4. The second-order valence-electron chi connectivity index (χ2n) is 6.26. The van der Waals surface area contributed by atoms with Crippen molar-refractivity contribution < 1.29 is 13.2 Å². The predicted octanol–water partition coefficient (Wildman–Crippen LogP) is 3.68. The molecule has 0 aliphatic rings. The van der Waals surface area contributed by atoms with Gasteiger partial charge in [-0.1, -0.05) is 41.4 Å². The van der Waals surface area contributed by atoms with Gasteiger partial charge in [0, 0.05) is 17.1 Å². The molecule has 9 heteroatoms. The smallest absolute Gasteiger partial charge is 0.263 e. The number of aromatic nitrogens is 3. The highest BCUT2D eigenvalue weighted by molar-refractivity contribution is 7.92. The minimum Gasteiger partial charge on any atom is -0.287 e. The van der Waals surface area contributed by atoms with Crippen molar-refractivity contribution in [3.8, 4) is 0 Å². The predicted molar refractivity (Wildman–Crippen MR) is 107 cm³/mol. The highest BCUT2D eigenvalue weighted by Gasteiger charge is 2.25. The Bertz CT molecular complexity index is 1090. The van der Waals surface area contributed by atoms with Crippen molar-refractivity contribution in [2.75, 3.05) is 4.72 Å². The van der Waals surface area contributed by atoms with Crippen LogP contribution >= 0.6 is 11.6 Å². The zero-order valence-corrected chi connectivity index (χ0v) is 17.0. The van der Waals surface area contributed by atoms with Crippen LogP contribution < -0.4 is 4.72 Å². The fraction of sp³-hybridized carbons (Fsp3) is 0.211. The van der Waals surface area contributed by atoms with E-state index in [-0.39, 0.29) is 16.4 Å². The van der Waals surface area contributed by atoms with E-state index in [1.807, 2.05) is 13.8 Å². The van der Waals surface area contributed by atoms with Crippen molar-refractivity contribution in [1.29, 1.82) is 0 Å². The molecule has 0 unspecified atom stereocenters. The summed E-state index contributed by atoms with van der Waals surface area (Å²) in [4.78, 5) is 13.0. The molecule has 28 heavy (non-hydrogen) atoms. The highest BCUT2D eigenvalue weighted by Crippen LogP contribution is 2.22. The molecule has 1 N–H and O–H groups in total. The quantitative estimate of drug-likeness (QED) is 0.590. The zero-order chi connectivity index (χ0) is 20.3. The molecule has 0 aliphatic heterocycles. The number of rotatable bonds is 7. The van der Waals surface area contributed by atoms with Gasteiger partial charge in [0.2, 0.25) is 5.78 Å². The molecular formula is C19H19ClN4O3S. The molecule has 2 aromatic carbocycles. The van der Waals surface area contributed by atoms with Crippen LogP contribution in [0, 0.1) is 6.92 Å². The molecule has 0 radical (unpaired) electrons. The summed E-state index contributed by atoms with van der Waals surface area (Å²) in [6.45, 7) is 4.19. The van der Waals surface area contributed by atoms with Crippen LogP contribution in [0.25, 0.3) is 0 Å². The third-order valence-electron chi connectivity index (χ3n) is 4.05. The summed E-state index contributed by atoms with van der Waals surface area (Å²) in [7, 11) is -3.91. The summed E-state index contributed by atoms with van der Waals surface area (Å²) in [5.41, 5.74) is 1.21. The van der Waals surface area contributed by atoms with E-state index in [1.54, 1.807) is 36.4 Å². The van der Waals surface area contributed by atoms with E-state index in [0.717, 1.165) is 5.56 Å². The first-order valence-corrected chi connectivity index (χ1v) is 10.5. The van der Waals surface area contributed by atoms with E-state index in [4.69, 9.17) is 11.6 Å². The molecule has 0 spiro atoms. The molecule has 0 bridgehead atoms. The number of hydrogen-bond acceptors (Lipinski definition) is 5. The van der Waals surface area contributed by atoms with Gasteiger partial charge in [0.05, 0.1) is 4.90 Å². The number of halogens is 1. The number of benzene rings is 2. The largest absolute Gasteiger partial charge is 0.287 e. The van der Waals surface area contributed by atoms with E-state index in [0.29, 0.717) is 23.6 Å². The van der Waals surface area contributed by atoms with Crippen molar-refractivity contribution in [3.05, 3.63) is 70.4 Å². The topological polar surface area (TPSA) is 93.9 Å². The molecule has 0 saturated carbocycles. The Hall–Kier alpha value is -2.71. The molecule has 0 atom stereocenters. The molecule has 0 saturated heterocycles. The number of ketones is 1. The van der Waals surface area contributed by atoms with Gasteiger partial charge < -0.3 is 0 Å². The number of anilines is 1. The SMILES string of the molecule is CCCn1nnc(C(=O)c2ccc(Cl)cc2)c1NS(=O)(=O)c1ccc(C)cc1. The van der Waals surface area contributed by atoms with E-state index in [1.165, 1.54) is 16.8 Å². The monoisotopic (exact) mass is 418 g/mol. The summed E-state index contributed by atoms with van der Waals surface area (Å²) in [5, 5.41) is 8.38. The van der Waals surface area contributed by atoms with Crippen LogP contribution in [-0.4, -0.2) is 29.2 Å². The lowest BCUT2D eigenvalue weighted by Gasteiger charge is -2.11. The number of sulfonamides is 1. The van der Waals surface area contributed by atoms with Crippen molar-refractivity contribution in [2.24, 2.45) is 0 Å². The second kappa shape index (κ2) is 8.12. The molecule has 0 fully saturated rings. The molecule has 3 aromatic rings. The molecule has 3 rings (SSSR count). The van der Waals surface area contributed by atoms with Crippen LogP contribution in [0.15, 0.2) is 53.4 Å². The summed E-state index contributed by atoms with van der Waals surface area (Å²) in [6.07, 6.45) is 0.692. The first kappa shape index (κ1) is 20.0. The molecule has 1 aromatic heterocycles. The molecule has 0 aliphatic carbocycles. The lowest BCUT2D eigenvalue weighted by molar-refractivity contribution is 0.103. The Morgan fingerprint density at radius 3 is 2.36 bits per heavy atom. The fourth-order valence-electron chi connectivity index (χ4n) is 2.58. The van der Waals surface area contributed by atoms with E-state index in [9.17, 15) is 13.2 Å². The average Bonchev–Trinajstić information content (AvgIpc) is 3.04. The molecular weight excluding hydrogens is 400 g/mol. The lowest BCUT2D eigenvalue weighted by Crippen LogP contribution is -2.19. The van der Waals surface area contributed by atoms with Crippen molar-refractivity contribution in [1.82, 2.24) is 15.0 Å². The maximum atomic E-state index is 12.9. The van der Waals surface area contributed by atoms with Gasteiger partial charge in [0.15, 0.2) is 11.5 Å². The van der Waals surface area contributed by atoms with Crippen LogP contribution in [0.1, 0.15) is 35.0 Å². The maximum absolute atomic E-state index is 12.9. The third kappa shape index (κ3) is 4.23. The van der Waals surface area contributed by atoms with Gasteiger partial charge in [-0.2, -0.15) is 0 Å². The fourth-order valence-corrected chi connectivity index (χ4v) is 3.77. The second-order valence-corrected chi connectivity index (χ2v) is 8.38. The highest BCUT2D eigenvalue weighted by atomic mass is 35.5. The van der Waals surface area contributed by atoms with E-state index < -0.39 is 15.8 Å². The number of nitrogens with one attached hydrogen (secondary N) is 1. The van der Waals surface area contributed by atoms with Gasteiger partial charge in [-0.25, -0.2) is 13.1 Å². The Balaban J connectivity index is 2.01. The standard InChI is InChI=1S/C19H19ClN4O3S/c1-3-12-24-19(22-28(26,27)16-10-4-13(2)5-11-16)17(21-23-24)18(25)14-6-8-15(20)9-7-14/h4-11,22H,3,12H2,1-2H3. The van der Waals surface area contributed by atoms with Gasteiger partial charge in [0.1, 0.15) is 0 Å². The van der Waals surface area contributed by atoms with Crippen molar-refractivity contribution in [2.45, 2.75) is 31.7 Å². The number of carbonyl (C=O) groups excluding carboxylic acids is 1. The van der Waals surface area contributed by atoms with E-state index in [2.05, 4.69) is 15.0 Å². The van der Waals surface area contributed by atoms with E-state index >= 15 is 0 Å². The van der Waals surface area contributed by atoms with Crippen molar-refractivity contribution >= 4 is 33.2 Å². The van der Waals surface area contributed by atoms with Gasteiger partial charge in [0.25, 0.3) is 10.0 Å². The van der Waals surface area contributed by atoms with Crippen LogP contribution in [-0.2, 0) is 16.6 Å². The maximum Gasteiger partial charge on any atom is 0.263 e. The van der Waals surface area contributed by atoms with Gasteiger partial charge in [-0.15, -0.1) is 5.10 Å². The van der Waals surface area contributed by atoms with Gasteiger partial charge in [-0.3, -0.25) is 9.52 Å². The number of carbonyl (C=O) groups is 1. The number of aryl methyl sites for hydroxylation is 2. The molecule has 7 nitrogen and oxygen atoms in total. The zero-order valence-electron chi connectivity index (χ0n) is 15.4. The summed E-state index contributed by atoms with van der Waals surface area (Å²) in [6, 6.07) is 12.7. The average molecular weight is 419 g/mol. The van der Waals surface area contributed by atoms with Crippen molar-refractivity contribution in [3.63, 3.8) is 0 Å². The summed E-state index contributed by atoms with van der Waals surface area (Å²) < 4.78 is 29.5. The van der Waals surface area contributed by atoms with Crippen LogP contribution in [0.3, 0.4) is 0 Å². The summed E-state index contributed by atoms with van der Waals surface area (Å²) in [5.74, 6) is -0.400. The minimum atomic E-state index is -3.91. The first-order valence-electron chi connectivity index (χ1n) is 8.65. The van der Waals surface area contributed by atoms with Crippen LogP contribution in [0.5, 0.6) is 0 Å². The molecule has 1 heterocycles.